The molecule has 6 rings (SSSR count). The Morgan fingerprint density at radius 1 is 1.08 bits per heavy atom. The Morgan fingerprint density at radius 2 is 1.89 bits per heavy atom. The summed E-state index contributed by atoms with van der Waals surface area (Å²) in [7, 11) is 0. The number of nitrogens with one attached hydrogen (secondary N) is 1. The summed E-state index contributed by atoms with van der Waals surface area (Å²) in [6.07, 6.45) is 5.38. The molecule has 3 aromatic heterocycles. The van der Waals surface area contributed by atoms with Crippen LogP contribution in [0, 0.1) is 11.6 Å². The molecule has 0 saturated carbocycles. The van der Waals surface area contributed by atoms with Gasteiger partial charge in [0.05, 0.1) is 11.1 Å². The Labute approximate surface area is 217 Å². The largest absolute Gasteiger partial charge is 0.465 e. The number of likely N-dealkylation sites (tertiary alicyclic amines) is 1. The summed E-state index contributed by atoms with van der Waals surface area (Å²) in [5.74, 6) is -1.89. The van der Waals surface area contributed by atoms with Crippen LogP contribution in [0.25, 0.3) is 11.2 Å². The van der Waals surface area contributed by atoms with Crippen molar-refractivity contribution in [3.63, 3.8) is 0 Å². The van der Waals surface area contributed by atoms with Crippen molar-refractivity contribution in [2.75, 3.05) is 6.54 Å². The van der Waals surface area contributed by atoms with E-state index in [1.165, 1.54) is 4.90 Å². The maximum Gasteiger partial charge on any atom is 0.408 e. The zero-order valence-corrected chi connectivity index (χ0v) is 20.6. The number of aromatic nitrogens is 4. The lowest BCUT2D eigenvalue weighted by Gasteiger charge is -2.53. The molecule has 38 heavy (non-hydrogen) atoms. The molecule has 1 unspecified atom stereocenters. The number of carboxylic acid groups (broad SMARTS) is 1. The number of hydrogen-bond donors (Lipinski definition) is 2. The van der Waals surface area contributed by atoms with E-state index < -0.39 is 35.2 Å². The standard InChI is InChI=1S/C28H27F2N5O3/c29-18-9-10-22(30)21(15-18)28(20-7-2-1-5-17-6-3-12-31-24(17)20)16-19(11-14-34(28)27(37)38)35-23-8-4-13-32-25(23)33-26(35)36/h3-4,6,8-10,12-13,15,19-20H,1-2,5,7,11,14,16H2,(H,37,38)(H,32,33,36)/t19-,20?,28-/m1/s1. The van der Waals surface area contributed by atoms with Gasteiger partial charge in [0.25, 0.3) is 0 Å². The lowest BCUT2D eigenvalue weighted by molar-refractivity contribution is 0.00173. The highest BCUT2D eigenvalue weighted by molar-refractivity contribution is 5.71. The van der Waals surface area contributed by atoms with E-state index >= 15 is 4.39 Å². The first-order valence-corrected chi connectivity index (χ1v) is 12.9. The lowest BCUT2D eigenvalue weighted by atomic mass is 9.66. The van der Waals surface area contributed by atoms with Crippen LogP contribution in [0.3, 0.4) is 0 Å². The predicted octanol–water partition coefficient (Wildman–Crippen LogP) is 5.12. The number of piperidine rings is 1. The van der Waals surface area contributed by atoms with E-state index in [0.29, 0.717) is 29.7 Å². The van der Waals surface area contributed by atoms with Crippen LogP contribution in [0.4, 0.5) is 13.6 Å². The molecule has 2 N–H and O–H groups in total. The second kappa shape index (κ2) is 9.34. The summed E-state index contributed by atoms with van der Waals surface area (Å²) in [6, 6.07) is 10.0. The molecule has 4 aromatic rings. The number of nitrogens with zero attached hydrogens (tertiary/aromatic N) is 4. The van der Waals surface area contributed by atoms with E-state index in [1.54, 1.807) is 29.1 Å². The summed E-state index contributed by atoms with van der Waals surface area (Å²) >= 11 is 0. The molecule has 3 atom stereocenters. The fourth-order valence-electron chi connectivity index (χ4n) is 6.70. The Morgan fingerprint density at radius 3 is 2.74 bits per heavy atom. The molecule has 1 aromatic carbocycles. The number of aromatic amines is 1. The van der Waals surface area contributed by atoms with Gasteiger partial charge in [-0.15, -0.1) is 0 Å². The summed E-state index contributed by atoms with van der Waals surface area (Å²) in [5.41, 5.74) is 0.779. The van der Waals surface area contributed by atoms with E-state index in [0.717, 1.165) is 43.0 Å². The Hall–Kier alpha value is -4.08. The topological polar surface area (TPSA) is 104 Å². The van der Waals surface area contributed by atoms with Gasteiger partial charge in [-0.05, 0) is 74.1 Å². The first kappa shape index (κ1) is 24.3. The van der Waals surface area contributed by atoms with Crippen LogP contribution in [0.5, 0.6) is 0 Å². The molecule has 2 aliphatic rings. The first-order valence-electron chi connectivity index (χ1n) is 12.9. The minimum atomic E-state index is -1.50. The van der Waals surface area contributed by atoms with E-state index in [9.17, 15) is 19.1 Å². The number of amides is 1. The molecule has 1 aliphatic carbocycles. The van der Waals surface area contributed by atoms with Gasteiger partial charge in [-0.3, -0.25) is 19.4 Å². The van der Waals surface area contributed by atoms with Gasteiger partial charge in [0.15, 0.2) is 5.65 Å². The minimum Gasteiger partial charge on any atom is -0.465 e. The molecule has 0 radical (unpaired) electrons. The van der Waals surface area contributed by atoms with Crippen molar-refractivity contribution in [3.05, 3.63) is 93.8 Å². The third kappa shape index (κ3) is 3.77. The number of rotatable bonds is 3. The SMILES string of the molecule is O=C(O)N1CC[C@@H](n2c(=O)[nH]c3ncccc32)C[C@]1(c1cc(F)ccc1F)C1CCCCc2cccnc21. The third-order valence-corrected chi connectivity index (χ3v) is 8.22. The molecule has 1 aliphatic heterocycles. The number of H-pyrrole nitrogens is 1. The fraction of sp³-hybridized carbons (Fsp3) is 0.357. The molecule has 196 valence electrons. The van der Waals surface area contributed by atoms with Crippen LogP contribution in [0.1, 0.15) is 60.9 Å². The zero-order valence-electron chi connectivity index (χ0n) is 20.6. The molecule has 8 nitrogen and oxygen atoms in total. The number of benzene rings is 1. The van der Waals surface area contributed by atoms with Crippen molar-refractivity contribution >= 4 is 17.3 Å². The number of hydrogen-bond acceptors (Lipinski definition) is 4. The number of aryl methyl sites for hydroxylation is 1. The smallest absolute Gasteiger partial charge is 0.408 e. The molecule has 0 bridgehead atoms. The molecule has 4 heterocycles. The first-order chi connectivity index (χ1) is 18.4. The second-order valence-corrected chi connectivity index (χ2v) is 10.1. The summed E-state index contributed by atoms with van der Waals surface area (Å²) in [6.45, 7) is 0.0357. The average molecular weight is 520 g/mol. The van der Waals surface area contributed by atoms with Gasteiger partial charge >= 0.3 is 11.8 Å². The van der Waals surface area contributed by atoms with Gasteiger partial charge in [-0.1, -0.05) is 12.5 Å². The maximum atomic E-state index is 15.8. The van der Waals surface area contributed by atoms with Crippen molar-refractivity contribution in [3.8, 4) is 0 Å². The minimum absolute atomic E-state index is 0.0286. The van der Waals surface area contributed by atoms with Crippen LogP contribution < -0.4 is 5.69 Å². The van der Waals surface area contributed by atoms with Crippen LogP contribution in [0.2, 0.25) is 0 Å². The predicted molar refractivity (Wildman–Crippen MR) is 136 cm³/mol. The van der Waals surface area contributed by atoms with Crippen molar-refractivity contribution in [1.82, 2.24) is 24.4 Å². The van der Waals surface area contributed by atoms with Gasteiger partial charge < -0.3 is 5.11 Å². The highest BCUT2D eigenvalue weighted by Crippen LogP contribution is 2.54. The monoisotopic (exact) mass is 519 g/mol. The molecule has 1 amide bonds. The number of fused-ring (bicyclic) bond motifs is 2. The fourth-order valence-corrected chi connectivity index (χ4v) is 6.70. The Kier molecular flexibility index (Phi) is 5.97. The molecular formula is C28H27F2N5O3. The van der Waals surface area contributed by atoms with Crippen molar-refractivity contribution in [2.24, 2.45) is 0 Å². The molecular weight excluding hydrogens is 492 g/mol. The van der Waals surface area contributed by atoms with Gasteiger partial charge in [0.2, 0.25) is 0 Å². The Balaban J connectivity index is 1.63. The molecule has 10 heteroatoms. The average Bonchev–Trinajstić information content (AvgIpc) is 3.09. The third-order valence-electron chi connectivity index (χ3n) is 8.22. The highest BCUT2D eigenvalue weighted by atomic mass is 19.1. The molecule has 0 spiro atoms. The van der Waals surface area contributed by atoms with Gasteiger partial charge in [-0.25, -0.2) is 23.4 Å². The van der Waals surface area contributed by atoms with E-state index in [-0.39, 0.29) is 24.2 Å². The number of halogens is 2. The van der Waals surface area contributed by atoms with Crippen LogP contribution in [-0.2, 0) is 12.0 Å². The van der Waals surface area contributed by atoms with E-state index in [2.05, 4.69) is 15.0 Å². The second-order valence-electron chi connectivity index (χ2n) is 10.1. The van der Waals surface area contributed by atoms with E-state index in [4.69, 9.17) is 0 Å². The zero-order chi connectivity index (χ0) is 26.4. The summed E-state index contributed by atoms with van der Waals surface area (Å²) in [5, 5.41) is 10.5. The van der Waals surface area contributed by atoms with Gasteiger partial charge in [-0.2, -0.15) is 0 Å². The lowest BCUT2D eigenvalue weighted by Crippen LogP contribution is -2.58. The number of imidazole rings is 1. The van der Waals surface area contributed by atoms with Crippen LogP contribution >= 0.6 is 0 Å². The maximum absolute atomic E-state index is 15.8. The summed E-state index contributed by atoms with van der Waals surface area (Å²) in [4.78, 5) is 39.0. The van der Waals surface area contributed by atoms with Crippen molar-refractivity contribution in [2.45, 2.75) is 56.0 Å². The molecule has 1 saturated heterocycles. The van der Waals surface area contributed by atoms with Crippen LogP contribution in [-0.4, -0.2) is 42.2 Å². The van der Waals surface area contributed by atoms with E-state index in [1.807, 2.05) is 12.1 Å². The van der Waals surface area contributed by atoms with Gasteiger partial charge in [0, 0.05) is 42.2 Å². The number of carbonyl (C=O) groups is 1. The van der Waals surface area contributed by atoms with Gasteiger partial charge in [0.1, 0.15) is 11.6 Å². The number of pyridine rings is 2. The van der Waals surface area contributed by atoms with Crippen molar-refractivity contribution in [1.29, 1.82) is 0 Å². The Bertz CT molecular complexity index is 1580. The highest BCUT2D eigenvalue weighted by Gasteiger charge is 2.54. The molecule has 1 fully saturated rings. The van der Waals surface area contributed by atoms with Crippen molar-refractivity contribution < 1.29 is 18.7 Å². The van der Waals surface area contributed by atoms with Crippen LogP contribution in [0.15, 0.2) is 59.7 Å². The summed E-state index contributed by atoms with van der Waals surface area (Å²) < 4.78 is 32.1. The quantitative estimate of drug-likeness (QED) is 0.366. The normalized spacial score (nSPS) is 23.7.